The molecule has 3 aromatic rings. The Labute approximate surface area is 134 Å². The van der Waals surface area contributed by atoms with Gasteiger partial charge in [-0.25, -0.2) is 0 Å². The number of carbonyl (C=O) groups excluding carboxylic acids is 1. The molecule has 2 N–H and O–H groups in total. The first-order valence-electron chi connectivity index (χ1n) is 6.63. The summed E-state index contributed by atoms with van der Waals surface area (Å²) < 4.78 is 0.841. The van der Waals surface area contributed by atoms with Crippen molar-refractivity contribution in [3.8, 4) is 0 Å². The van der Waals surface area contributed by atoms with Crippen LogP contribution in [0.1, 0.15) is 15.9 Å². The van der Waals surface area contributed by atoms with Gasteiger partial charge in [0.15, 0.2) is 0 Å². The number of amides is 1. The van der Waals surface area contributed by atoms with Crippen LogP contribution in [0, 0.1) is 0 Å². The Morgan fingerprint density at radius 1 is 1.27 bits per heavy atom. The van der Waals surface area contributed by atoms with Gasteiger partial charge in [-0.15, -0.1) is 0 Å². The van der Waals surface area contributed by atoms with Gasteiger partial charge in [0.2, 0.25) is 5.56 Å². The van der Waals surface area contributed by atoms with E-state index in [1.54, 1.807) is 24.5 Å². The summed E-state index contributed by atoms with van der Waals surface area (Å²) in [6, 6.07) is 10.4. The highest BCUT2D eigenvalue weighted by Gasteiger charge is 2.12. The summed E-state index contributed by atoms with van der Waals surface area (Å²) in [5.41, 5.74) is 1.57. The Balaban J connectivity index is 1.93. The van der Waals surface area contributed by atoms with Crippen LogP contribution < -0.4 is 10.9 Å². The second-order valence-electron chi connectivity index (χ2n) is 4.78. The molecular formula is C16H12BrN3O2. The van der Waals surface area contributed by atoms with Crippen LogP contribution in [0.2, 0.25) is 0 Å². The molecule has 0 radical (unpaired) electrons. The summed E-state index contributed by atoms with van der Waals surface area (Å²) >= 11 is 3.38. The maximum Gasteiger partial charge on any atom is 0.252 e. The van der Waals surface area contributed by atoms with Crippen LogP contribution >= 0.6 is 15.9 Å². The number of nitrogens with one attached hydrogen (secondary N) is 2. The number of hydrogen-bond donors (Lipinski definition) is 2. The van der Waals surface area contributed by atoms with Gasteiger partial charge in [-0.05, 0) is 29.8 Å². The van der Waals surface area contributed by atoms with Gasteiger partial charge in [0.25, 0.3) is 5.91 Å². The smallest absolute Gasteiger partial charge is 0.252 e. The van der Waals surface area contributed by atoms with E-state index in [-0.39, 0.29) is 11.5 Å². The highest BCUT2D eigenvalue weighted by Crippen LogP contribution is 2.20. The van der Waals surface area contributed by atoms with E-state index in [1.807, 2.05) is 18.2 Å². The van der Waals surface area contributed by atoms with Crippen molar-refractivity contribution in [2.45, 2.75) is 6.54 Å². The molecule has 0 aliphatic heterocycles. The second-order valence-corrected chi connectivity index (χ2v) is 5.70. The minimum absolute atomic E-state index is 0.293. The van der Waals surface area contributed by atoms with Crippen LogP contribution in [0.4, 0.5) is 0 Å². The predicted octanol–water partition coefficient (Wildman–Crippen LogP) is 2.62. The van der Waals surface area contributed by atoms with E-state index in [9.17, 15) is 9.59 Å². The van der Waals surface area contributed by atoms with E-state index in [2.05, 4.69) is 31.2 Å². The minimum atomic E-state index is -0.304. The van der Waals surface area contributed by atoms with Gasteiger partial charge in [0.1, 0.15) is 0 Å². The molecule has 2 aromatic heterocycles. The molecule has 110 valence electrons. The number of fused-ring (bicyclic) bond motifs is 1. The first kappa shape index (κ1) is 14.5. The molecule has 1 amide bonds. The molecule has 0 unspecified atom stereocenters. The molecule has 0 fully saturated rings. The van der Waals surface area contributed by atoms with Gasteiger partial charge >= 0.3 is 0 Å². The fourth-order valence-corrected chi connectivity index (χ4v) is 2.56. The van der Waals surface area contributed by atoms with Crippen LogP contribution in [-0.4, -0.2) is 15.9 Å². The van der Waals surface area contributed by atoms with Gasteiger partial charge in [0.05, 0.1) is 5.56 Å². The molecule has 0 aliphatic carbocycles. The number of nitrogens with zero attached hydrogens (tertiary/aromatic N) is 1. The van der Waals surface area contributed by atoms with Crippen LogP contribution in [0.3, 0.4) is 0 Å². The van der Waals surface area contributed by atoms with Gasteiger partial charge < -0.3 is 10.3 Å². The summed E-state index contributed by atoms with van der Waals surface area (Å²) in [6.07, 6.45) is 3.36. The number of pyridine rings is 2. The molecule has 3 rings (SSSR count). The van der Waals surface area contributed by atoms with Crippen LogP contribution in [0.25, 0.3) is 10.9 Å². The van der Waals surface area contributed by atoms with Gasteiger partial charge in [-0.2, -0.15) is 0 Å². The average molecular weight is 358 g/mol. The van der Waals surface area contributed by atoms with E-state index < -0.39 is 0 Å². The Hall–Kier alpha value is -2.47. The highest BCUT2D eigenvalue weighted by atomic mass is 79.9. The van der Waals surface area contributed by atoms with Crippen LogP contribution in [0.15, 0.2) is 58.1 Å². The maximum absolute atomic E-state index is 12.4. The standard InChI is InChI=1S/C16H12BrN3O2/c17-11-3-4-14-12(6-11)13(7-15(21)20-14)16(22)19-9-10-2-1-5-18-8-10/h1-8H,9H2,(H,19,22)(H,20,21). The number of H-pyrrole nitrogens is 1. The van der Waals surface area contributed by atoms with Gasteiger partial charge in [-0.1, -0.05) is 22.0 Å². The molecule has 2 heterocycles. The SMILES string of the molecule is O=C(NCc1cccnc1)c1cc(=O)[nH]c2ccc(Br)cc12. The fraction of sp³-hybridized carbons (Fsp3) is 0.0625. The van der Waals surface area contributed by atoms with Gasteiger partial charge in [-0.3, -0.25) is 14.6 Å². The van der Waals surface area contributed by atoms with Crippen molar-refractivity contribution >= 4 is 32.7 Å². The zero-order valence-corrected chi connectivity index (χ0v) is 13.1. The third kappa shape index (κ3) is 3.07. The summed E-state index contributed by atoms with van der Waals surface area (Å²) in [5.74, 6) is -0.293. The summed E-state index contributed by atoms with van der Waals surface area (Å²) in [5, 5.41) is 3.50. The number of aromatic amines is 1. The Morgan fingerprint density at radius 2 is 2.14 bits per heavy atom. The Morgan fingerprint density at radius 3 is 2.91 bits per heavy atom. The number of carbonyl (C=O) groups is 1. The fourth-order valence-electron chi connectivity index (χ4n) is 2.19. The van der Waals surface area contributed by atoms with Crippen molar-refractivity contribution in [2.75, 3.05) is 0 Å². The molecule has 0 bridgehead atoms. The summed E-state index contributed by atoms with van der Waals surface area (Å²) in [6.45, 7) is 0.356. The number of halogens is 1. The first-order chi connectivity index (χ1) is 10.6. The largest absolute Gasteiger partial charge is 0.348 e. The van der Waals surface area contributed by atoms with E-state index in [0.717, 1.165) is 10.0 Å². The zero-order valence-electron chi connectivity index (χ0n) is 11.5. The average Bonchev–Trinajstić information content (AvgIpc) is 2.53. The molecule has 22 heavy (non-hydrogen) atoms. The molecule has 0 atom stereocenters. The molecular weight excluding hydrogens is 346 g/mol. The molecule has 1 aromatic carbocycles. The first-order valence-corrected chi connectivity index (χ1v) is 7.42. The lowest BCUT2D eigenvalue weighted by molar-refractivity contribution is 0.0952. The monoisotopic (exact) mass is 357 g/mol. The van der Waals surface area contributed by atoms with E-state index in [4.69, 9.17) is 0 Å². The summed E-state index contributed by atoms with van der Waals surface area (Å²) in [4.78, 5) is 30.8. The topological polar surface area (TPSA) is 74.8 Å². The Kier molecular flexibility index (Phi) is 4.02. The Bertz CT molecular complexity index is 891. The van der Waals surface area contributed by atoms with E-state index in [1.165, 1.54) is 6.07 Å². The lowest BCUT2D eigenvalue weighted by Crippen LogP contribution is -2.24. The third-order valence-corrected chi connectivity index (χ3v) is 3.72. The van der Waals surface area contributed by atoms with Crippen molar-refractivity contribution in [1.82, 2.24) is 15.3 Å². The van der Waals surface area contributed by atoms with Crippen molar-refractivity contribution in [1.29, 1.82) is 0 Å². The quantitative estimate of drug-likeness (QED) is 0.756. The number of rotatable bonds is 3. The van der Waals surface area contributed by atoms with Crippen molar-refractivity contribution in [3.63, 3.8) is 0 Å². The molecule has 0 saturated heterocycles. The maximum atomic E-state index is 12.4. The zero-order chi connectivity index (χ0) is 15.5. The highest BCUT2D eigenvalue weighted by molar-refractivity contribution is 9.10. The number of hydrogen-bond acceptors (Lipinski definition) is 3. The number of benzene rings is 1. The summed E-state index contributed by atoms with van der Waals surface area (Å²) in [7, 11) is 0. The van der Waals surface area contributed by atoms with Crippen molar-refractivity contribution in [3.05, 3.63) is 74.7 Å². The van der Waals surface area contributed by atoms with Crippen LogP contribution in [0.5, 0.6) is 0 Å². The third-order valence-electron chi connectivity index (χ3n) is 3.23. The second kappa shape index (κ2) is 6.11. The molecule has 6 heteroatoms. The molecule has 0 saturated carbocycles. The predicted molar refractivity (Wildman–Crippen MR) is 87.7 cm³/mol. The van der Waals surface area contributed by atoms with Crippen molar-refractivity contribution in [2.24, 2.45) is 0 Å². The molecule has 5 nitrogen and oxygen atoms in total. The normalized spacial score (nSPS) is 10.6. The van der Waals surface area contributed by atoms with Gasteiger partial charge in [0, 0.05) is 40.4 Å². The molecule has 0 aliphatic rings. The lowest BCUT2D eigenvalue weighted by Gasteiger charge is -2.08. The van der Waals surface area contributed by atoms with E-state index in [0.29, 0.717) is 23.0 Å². The minimum Gasteiger partial charge on any atom is -0.348 e. The van der Waals surface area contributed by atoms with E-state index >= 15 is 0 Å². The number of aromatic nitrogens is 2. The molecule has 0 spiro atoms. The van der Waals surface area contributed by atoms with Crippen molar-refractivity contribution < 1.29 is 4.79 Å². The van der Waals surface area contributed by atoms with Crippen LogP contribution in [-0.2, 0) is 6.54 Å². The lowest BCUT2D eigenvalue weighted by atomic mass is 10.1.